The van der Waals surface area contributed by atoms with Gasteiger partial charge in [0.25, 0.3) is 0 Å². The lowest BCUT2D eigenvalue weighted by molar-refractivity contribution is -0.00769. The van der Waals surface area contributed by atoms with Gasteiger partial charge in [-0.2, -0.15) is 4.31 Å². The molecule has 5 nitrogen and oxygen atoms in total. The SMILES string of the molecule is CCCNCCCS(=O)(=O)N1CCOCC1(C)C. The number of ether oxygens (including phenoxy) is 1. The van der Waals surface area contributed by atoms with Crippen molar-refractivity contribution in [3.8, 4) is 0 Å². The van der Waals surface area contributed by atoms with Crippen LogP contribution in [0.1, 0.15) is 33.6 Å². The van der Waals surface area contributed by atoms with Crippen LogP contribution in [-0.4, -0.2) is 56.9 Å². The second-order valence-electron chi connectivity index (χ2n) is 5.36. The van der Waals surface area contributed by atoms with Gasteiger partial charge in [-0.25, -0.2) is 8.42 Å². The van der Waals surface area contributed by atoms with Gasteiger partial charge >= 0.3 is 0 Å². The van der Waals surface area contributed by atoms with Gasteiger partial charge in [-0.15, -0.1) is 0 Å². The van der Waals surface area contributed by atoms with E-state index in [0.29, 0.717) is 26.2 Å². The van der Waals surface area contributed by atoms with Crippen molar-refractivity contribution in [2.75, 3.05) is 38.6 Å². The largest absolute Gasteiger partial charge is 0.378 e. The first-order valence-corrected chi connectivity index (χ1v) is 8.30. The highest BCUT2D eigenvalue weighted by atomic mass is 32.2. The minimum atomic E-state index is -3.16. The van der Waals surface area contributed by atoms with Gasteiger partial charge in [0, 0.05) is 6.54 Å². The number of hydrogen-bond acceptors (Lipinski definition) is 4. The summed E-state index contributed by atoms with van der Waals surface area (Å²) in [5, 5.41) is 3.22. The van der Waals surface area contributed by atoms with Crippen LogP contribution in [0.25, 0.3) is 0 Å². The molecule has 1 aliphatic heterocycles. The predicted molar refractivity (Wildman–Crippen MR) is 73.2 cm³/mol. The van der Waals surface area contributed by atoms with Crippen molar-refractivity contribution >= 4 is 10.0 Å². The number of nitrogens with zero attached hydrogens (tertiary/aromatic N) is 1. The molecule has 0 aromatic heterocycles. The second-order valence-corrected chi connectivity index (χ2v) is 7.37. The monoisotopic (exact) mass is 278 g/mol. The van der Waals surface area contributed by atoms with Crippen LogP contribution >= 0.6 is 0 Å². The van der Waals surface area contributed by atoms with E-state index in [1.54, 1.807) is 4.31 Å². The molecular formula is C12H26N2O3S. The number of rotatable bonds is 7. The van der Waals surface area contributed by atoms with E-state index in [-0.39, 0.29) is 5.75 Å². The Balaban J connectivity index is 2.47. The Morgan fingerprint density at radius 2 is 2.06 bits per heavy atom. The van der Waals surface area contributed by atoms with Gasteiger partial charge in [0.05, 0.1) is 24.5 Å². The molecule has 0 aromatic rings. The van der Waals surface area contributed by atoms with Gasteiger partial charge in [-0.05, 0) is 39.8 Å². The summed E-state index contributed by atoms with van der Waals surface area (Å²) in [5.41, 5.74) is -0.423. The lowest BCUT2D eigenvalue weighted by atomic mass is 10.1. The first kappa shape index (κ1) is 15.9. The summed E-state index contributed by atoms with van der Waals surface area (Å²) in [6, 6.07) is 0. The maximum atomic E-state index is 12.3. The summed E-state index contributed by atoms with van der Waals surface area (Å²) >= 11 is 0. The van der Waals surface area contributed by atoms with Crippen molar-refractivity contribution in [3.63, 3.8) is 0 Å². The zero-order valence-electron chi connectivity index (χ0n) is 11.7. The number of sulfonamides is 1. The molecule has 0 saturated carbocycles. The normalized spacial score (nSPS) is 21.1. The second kappa shape index (κ2) is 6.84. The molecule has 0 bridgehead atoms. The summed E-state index contributed by atoms with van der Waals surface area (Å²) in [6.07, 6.45) is 1.74. The zero-order chi connectivity index (χ0) is 13.6. The summed E-state index contributed by atoms with van der Waals surface area (Å²) < 4.78 is 31.5. The molecule has 0 unspecified atom stereocenters. The highest BCUT2D eigenvalue weighted by molar-refractivity contribution is 7.89. The van der Waals surface area contributed by atoms with Gasteiger partial charge in [-0.3, -0.25) is 0 Å². The van der Waals surface area contributed by atoms with E-state index in [1.165, 1.54) is 0 Å². The topological polar surface area (TPSA) is 58.6 Å². The average Bonchev–Trinajstić information content (AvgIpc) is 2.27. The quantitative estimate of drug-likeness (QED) is 0.700. The highest BCUT2D eigenvalue weighted by Gasteiger charge is 2.38. The van der Waals surface area contributed by atoms with E-state index >= 15 is 0 Å². The Morgan fingerprint density at radius 3 is 2.67 bits per heavy atom. The average molecular weight is 278 g/mol. The van der Waals surface area contributed by atoms with Gasteiger partial charge in [0.2, 0.25) is 10.0 Å². The van der Waals surface area contributed by atoms with Crippen molar-refractivity contribution < 1.29 is 13.2 Å². The van der Waals surface area contributed by atoms with Crippen LogP contribution in [-0.2, 0) is 14.8 Å². The van der Waals surface area contributed by atoms with Crippen LogP contribution in [0.5, 0.6) is 0 Å². The predicted octanol–water partition coefficient (Wildman–Crippen LogP) is 0.817. The molecule has 1 fully saturated rings. The van der Waals surface area contributed by atoms with E-state index in [4.69, 9.17) is 4.74 Å². The lowest BCUT2D eigenvalue weighted by Crippen LogP contribution is -2.56. The van der Waals surface area contributed by atoms with E-state index in [2.05, 4.69) is 12.2 Å². The molecule has 0 aliphatic carbocycles. The van der Waals surface area contributed by atoms with Gasteiger partial charge in [0.15, 0.2) is 0 Å². The molecule has 1 rings (SSSR count). The molecular weight excluding hydrogens is 252 g/mol. The van der Waals surface area contributed by atoms with Crippen molar-refractivity contribution in [2.45, 2.75) is 39.2 Å². The van der Waals surface area contributed by atoms with Crippen molar-refractivity contribution in [2.24, 2.45) is 0 Å². The Kier molecular flexibility index (Phi) is 6.04. The van der Waals surface area contributed by atoms with Crippen LogP contribution < -0.4 is 5.32 Å². The van der Waals surface area contributed by atoms with Gasteiger partial charge in [0.1, 0.15) is 0 Å². The fraction of sp³-hybridized carbons (Fsp3) is 1.00. The highest BCUT2D eigenvalue weighted by Crippen LogP contribution is 2.23. The molecule has 0 atom stereocenters. The van der Waals surface area contributed by atoms with E-state index in [9.17, 15) is 8.42 Å². The molecule has 6 heteroatoms. The number of hydrogen-bond donors (Lipinski definition) is 1. The molecule has 1 aliphatic rings. The summed E-state index contributed by atoms with van der Waals surface area (Å²) in [6.45, 7) is 9.08. The standard InChI is InChI=1S/C12H26N2O3S/c1-4-6-13-7-5-10-18(15,16)14-8-9-17-11-12(14,2)3/h13H,4-11H2,1-3H3. The minimum absolute atomic E-state index is 0.215. The Labute approximate surface area is 111 Å². The van der Waals surface area contributed by atoms with Crippen LogP contribution in [0.2, 0.25) is 0 Å². The van der Waals surface area contributed by atoms with Crippen molar-refractivity contribution in [1.29, 1.82) is 0 Å². The maximum absolute atomic E-state index is 12.3. The molecule has 0 spiro atoms. The Hall–Kier alpha value is -0.170. The fourth-order valence-electron chi connectivity index (χ4n) is 2.15. The van der Waals surface area contributed by atoms with Crippen molar-refractivity contribution in [1.82, 2.24) is 9.62 Å². The van der Waals surface area contributed by atoms with E-state index < -0.39 is 15.6 Å². The van der Waals surface area contributed by atoms with Gasteiger partial charge in [-0.1, -0.05) is 6.92 Å². The van der Waals surface area contributed by atoms with Crippen LogP contribution in [0.3, 0.4) is 0 Å². The molecule has 108 valence electrons. The smallest absolute Gasteiger partial charge is 0.214 e. The first-order chi connectivity index (χ1) is 8.40. The van der Waals surface area contributed by atoms with Crippen LogP contribution in [0.15, 0.2) is 0 Å². The molecule has 0 radical (unpaired) electrons. The third kappa shape index (κ3) is 4.50. The lowest BCUT2D eigenvalue weighted by Gasteiger charge is -2.40. The minimum Gasteiger partial charge on any atom is -0.378 e. The zero-order valence-corrected chi connectivity index (χ0v) is 12.6. The fourth-order valence-corrected chi connectivity index (χ4v) is 4.04. The molecule has 0 aromatic carbocycles. The first-order valence-electron chi connectivity index (χ1n) is 6.69. The van der Waals surface area contributed by atoms with Gasteiger partial charge < -0.3 is 10.1 Å². The number of nitrogens with one attached hydrogen (secondary N) is 1. The molecule has 18 heavy (non-hydrogen) atoms. The summed E-state index contributed by atoms with van der Waals surface area (Å²) in [7, 11) is -3.16. The van der Waals surface area contributed by atoms with E-state index in [0.717, 1.165) is 19.5 Å². The number of morpholine rings is 1. The summed E-state index contributed by atoms with van der Waals surface area (Å²) in [4.78, 5) is 0. The van der Waals surface area contributed by atoms with Crippen LogP contribution in [0.4, 0.5) is 0 Å². The molecule has 1 N–H and O–H groups in total. The molecule has 1 saturated heterocycles. The Bertz CT molecular complexity index is 341. The van der Waals surface area contributed by atoms with E-state index in [1.807, 2.05) is 13.8 Å². The molecule has 0 amide bonds. The summed E-state index contributed by atoms with van der Waals surface area (Å²) in [5.74, 6) is 0.215. The van der Waals surface area contributed by atoms with Crippen molar-refractivity contribution in [3.05, 3.63) is 0 Å². The Morgan fingerprint density at radius 1 is 1.33 bits per heavy atom. The third-order valence-electron chi connectivity index (χ3n) is 3.09. The third-order valence-corrected chi connectivity index (χ3v) is 5.24. The maximum Gasteiger partial charge on any atom is 0.214 e. The molecule has 1 heterocycles. The van der Waals surface area contributed by atoms with Crippen LogP contribution in [0, 0.1) is 0 Å².